The number of Topliss-reactive ketones (excluding diaryl/α,β-unsaturated/α-hetero) is 2. The molecule has 13 nitrogen and oxygen atoms in total. The number of likely N-dealkylation sites (tertiary alicyclic amines) is 2. The SMILES string of the molecule is NCC(=O)c1ccc(CN(C(=O)N2CCCCC2)c2ccc(-c3cccnc3)cc2)cc1.O=C(CNC(=O)C(F)(F)F)c1ccc(CN(C(=O)N2CCCCC2)c2ccc(-c3cccnc3)cc2)cc1. The number of benzene rings is 4. The standard InChI is InChI=1S/C28H27F3N4O3.C26H28N4O2/c29-28(30,31)26(37)33-18-25(36)22-8-6-20(7-9-22)19-35(27(38)34-15-2-1-3-16-34)24-12-10-21(11-13-24)23-5-4-14-32-17-23;27-17-25(31)22-8-6-20(7-9-22)19-30(26(32)29-15-2-1-3-16-29)24-12-10-21(11-13-24)23-5-4-14-28-18-23/h4-14,17H,1-3,15-16,18-19H2,(H,33,37);4-14,18H,1-3,15-17,19,27H2. The van der Waals surface area contributed by atoms with Gasteiger partial charge >= 0.3 is 24.1 Å². The van der Waals surface area contributed by atoms with Gasteiger partial charge in [0.05, 0.1) is 26.2 Å². The summed E-state index contributed by atoms with van der Waals surface area (Å²) >= 11 is 0. The zero-order valence-corrected chi connectivity index (χ0v) is 38.7. The topological polar surface area (TPSA) is 162 Å². The van der Waals surface area contributed by atoms with Crippen molar-refractivity contribution in [2.45, 2.75) is 57.8 Å². The Morgan fingerprint density at radius 3 is 1.29 bits per heavy atom. The summed E-state index contributed by atoms with van der Waals surface area (Å²) in [4.78, 5) is 77.6. The van der Waals surface area contributed by atoms with E-state index in [0.717, 1.165) is 84.3 Å². The van der Waals surface area contributed by atoms with Gasteiger partial charge in [-0.2, -0.15) is 13.2 Å². The summed E-state index contributed by atoms with van der Waals surface area (Å²) in [5.41, 5.74) is 13.5. The molecule has 16 heteroatoms. The number of alkyl halides is 3. The lowest BCUT2D eigenvalue weighted by molar-refractivity contribution is -0.173. The molecule has 2 aliphatic heterocycles. The van der Waals surface area contributed by atoms with Gasteiger partial charge in [0.2, 0.25) is 0 Å². The third-order valence-electron chi connectivity index (χ3n) is 12.1. The molecule has 0 bridgehead atoms. The number of urea groups is 2. The predicted octanol–water partition coefficient (Wildman–Crippen LogP) is 9.72. The molecule has 0 unspecified atom stereocenters. The molecule has 5 amide bonds. The second-order valence-electron chi connectivity index (χ2n) is 17.0. The maximum atomic E-state index is 13.5. The van der Waals surface area contributed by atoms with Crippen LogP contribution in [0.1, 0.15) is 70.4 Å². The van der Waals surface area contributed by atoms with Crippen LogP contribution in [0.4, 0.5) is 34.1 Å². The molecule has 4 aromatic carbocycles. The molecule has 2 saturated heterocycles. The molecule has 0 spiro atoms. The van der Waals surface area contributed by atoms with Crippen molar-refractivity contribution in [3.8, 4) is 22.3 Å². The number of aromatic nitrogens is 2. The Hall–Kier alpha value is -7.72. The van der Waals surface area contributed by atoms with Crippen LogP contribution in [0.2, 0.25) is 0 Å². The molecule has 362 valence electrons. The fraction of sp³-hybridized carbons (Fsp3) is 0.278. The molecule has 2 aliphatic rings. The smallest absolute Gasteiger partial charge is 0.341 e. The molecule has 2 fully saturated rings. The molecule has 8 rings (SSSR count). The molecule has 6 aromatic rings. The fourth-order valence-electron chi connectivity index (χ4n) is 8.22. The highest BCUT2D eigenvalue weighted by atomic mass is 19.4. The van der Waals surface area contributed by atoms with Gasteiger partial charge in [-0.3, -0.25) is 34.2 Å². The Bertz CT molecular complexity index is 2680. The van der Waals surface area contributed by atoms with E-state index in [0.29, 0.717) is 30.9 Å². The average Bonchev–Trinajstić information content (AvgIpc) is 3.41. The number of ketones is 2. The van der Waals surface area contributed by atoms with Crippen LogP contribution < -0.4 is 20.9 Å². The number of halogens is 3. The molecule has 0 aliphatic carbocycles. The van der Waals surface area contributed by atoms with Crippen molar-refractivity contribution in [3.05, 3.63) is 168 Å². The molecule has 4 heterocycles. The van der Waals surface area contributed by atoms with Gasteiger partial charge in [0, 0.05) is 73.5 Å². The minimum atomic E-state index is -5.05. The van der Waals surface area contributed by atoms with E-state index in [1.54, 1.807) is 53.1 Å². The van der Waals surface area contributed by atoms with E-state index in [4.69, 9.17) is 5.73 Å². The minimum absolute atomic E-state index is 0.0117. The third-order valence-corrected chi connectivity index (χ3v) is 12.1. The monoisotopic (exact) mass is 952 g/mol. The molecule has 3 N–H and O–H groups in total. The quantitative estimate of drug-likeness (QED) is 0.108. The van der Waals surface area contributed by atoms with Crippen molar-refractivity contribution in [2.75, 3.05) is 49.1 Å². The van der Waals surface area contributed by atoms with Crippen molar-refractivity contribution in [1.29, 1.82) is 0 Å². The Balaban J connectivity index is 0.000000209. The van der Waals surface area contributed by atoms with Gasteiger partial charge in [-0.05, 0) is 108 Å². The van der Waals surface area contributed by atoms with Gasteiger partial charge in [-0.25, -0.2) is 9.59 Å². The number of piperidine rings is 2. The first kappa shape index (κ1) is 50.2. The van der Waals surface area contributed by atoms with Crippen LogP contribution in [0.25, 0.3) is 22.3 Å². The van der Waals surface area contributed by atoms with Crippen molar-refractivity contribution in [3.63, 3.8) is 0 Å². The number of carbonyl (C=O) groups excluding carboxylic acids is 5. The Morgan fingerprint density at radius 2 is 0.929 bits per heavy atom. The van der Waals surface area contributed by atoms with Crippen LogP contribution in [-0.2, 0) is 17.9 Å². The zero-order valence-electron chi connectivity index (χ0n) is 38.7. The van der Waals surface area contributed by atoms with E-state index in [-0.39, 0.29) is 36.5 Å². The summed E-state index contributed by atoms with van der Waals surface area (Å²) < 4.78 is 37.1. The first-order valence-corrected chi connectivity index (χ1v) is 23.3. The number of hydrogen-bond donors (Lipinski definition) is 2. The van der Waals surface area contributed by atoms with Crippen LogP contribution in [0.15, 0.2) is 146 Å². The molecule has 0 radical (unpaired) electrons. The second kappa shape index (κ2) is 24.0. The van der Waals surface area contributed by atoms with Crippen molar-refractivity contribution in [2.24, 2.45) is 5.73 Å². The van der Waals surface area contributed by atoms with Crippen LogP contribution in [0.5, 0.6) is 0 Å². The molecular weight excluding hydrogens is 898 g/mol. The van der Waals surface area contributed by atoms with E-state index in [1.807, 2.05) is 106 Å². The van der Waals surface area contributed by atoms with Gasteiger partial charge in [0.25, 0.3) is 0 Å². The van der Waals surface area contributed by atoms with Crippen LogP contribution in [0, 0.1) is 0 Å². The van der Waals surface area contributed by atoms with Gasteiger partial charge in [0.15, 0.2) is 11.6 Å². The molecule has 0 atom stereocenters. The van der Waals surface area contributed by atoms with E-state index in [1.165, 1.54) is 18.6 Å². The number of nitrogens with one attached hydrogen (secondary N) is 1. The number of hydrogen-bond acceptors (Lipinski definition) is 8. The number of rotatable bonds is 13. The number of nitrogens with zero attached hydrogens (tertiary/aromatic N) is 6. The Labute approximate surface area is 405 Å². The maximum absolute atomic E-state index is 13.5. The van der Waals surface area contributed by atoms with Crippen LogP contribution in [-0.4, -0.2) is 94.7 Å². The summed E-state index contributed by atoms with van der Waals surface area (Å²) in [6.07, 6.45) is 8.22. The van der Waals surface area contributed by atoms with E-state index < -0.39 is 24.4 Å². The van der Waals surface area contributed by atoms with Gasteiger partial charge in [-0.1, -0.05) is 84.9 Å². The summed E-state index contributed by atoms with van der Waals surface area (Å²) in [7, 11) is 0. The normalized spacial score (nSPS) is 13.6. The van der Waals surface area contributed by atoms with E-state index in [9.17, 15) is 37.1 Å². The highest BCUT2D eigenvalue weighted by Crippen LogP contribution is 2.28. The number of carbonyl (C=O) groups is 5. The van der Waals surface area contributed by atoms with Gasteiger partial charge in [0.1, 0.15) is 0 Å². The highest BCUT2D eigenvalue weighted by molar-refractivity contribution is 6.00. The van der Waals surface area contributed by atoms with Gasteiger partial charge in [-0.15, -0.1) is 0 Å². The molecule has 0 saturated carbocycles. The highest BCUT2D eigenvalue weighted by Gasteiger charge is 2.38. The summed E-state index contributed by atoms with van der Waals surface area (Å²) in [6.45, 7) is 2.82. The lowest BCUT2D eigenvalue weighted by Gasteiger charge is -2.33. The van der Waals surface area contributed by atoms with Crippen molar-refractivity contribution >= 4 is 40.9 Å². The van der Waals surface area contributed by atoms with E-state index >= 15 is 0 Å². The molecular formula is C54H55F3N8O5. The van der Waals surface area contributed by atoms with Crippen LogP contribution >= 0.6 is 0 Å². The van der Waals surface area contributed by atoms with Crippen molar-refractivity contribution < 1.29 is 37.1 Å². The minimum Gasteiger partial charge on any atom is -0.341 e. The summed E-state index contributed by atoms with van der Waals surface area (Å²) in [5, 5.41) is 1.58. The number of nitrogens with two attached hydrogens (primary N) is 1. The first-order chi connectivity index (χ1) is 33.9. The number of amides is 5. The average molecular weight is 953 g/mol. The van der Waals surface area contributed by atoms with Crippen LogP contribution in [0.3, 0.4) is 0 Å². The molecule has 2 aromatic heterocycles. The maximum Gasteiger partial charge on any atom is 0.471 e. The Kier molecular flexibility index (Phi) is 17.2. The molecule has 70 heavy (non-hydrogen) atoms. The lowest BCUT2D eigenvalue weighted by atomic mass is 10.1. The zero-order chi connectivity index (χ0) is 49.5. The summed E-state index contributed by atoms with van der Waals surface area (Å²) in [5.74, 6) is -2.91. The van der Waals surface area contributed by atoms with Gasteiger partial charge < -0.3 is 20.9 Å². The Morgan fingerprint density at radius 1 is 0.529 bits per heavy atom. The largest absolute Gasteiger partial charge is 0.471 e. The van der Waals surface area contributed by atoms with Crippen molar-refractivity contribution in [1.82, 2.24) is 25.1 Å². The second-order valence-corrected chi connectivity index (χ2v) is 17.0. The fourth-order valence-corrected chi connectivity index (χ4v) is 8.22. The third kappa shape index (κ3) is 13.5. The first-order valence-electron chi connectivity index (χ1n) is 23.3. The number of pyridine rings is 2. The predicted molar refractivity (Wildman–Crippen MR) is 263 cm³/mol. The van der Waals surface area contributed by atoms with E-state index in [2.05, 4.69) is 9.97 Å². The number of anilines is 2. The lowest BCUT2D eigenvalue weighted by Crippen LogP contribution is -2.45. The summed E-state index contributed by atoms with van der Waals surface area (Å²) in [6, 6.07) is 36.9.